The number of aromatic nitrogens is 2. The highest BCUT2D eigenvalue weighted by atomic mass is 16.6. The number of carboxylic acid groups (broad SMARTS) is 1. The van der Waals surface area contributed by atoms with E-state index in [2.05, 4.69) is 10.2 Å². The number of hydrogen-bond acceptors (Lipinski definition) is 5. The molecule has 1 atom stereocenters. The molecular weight excluding hydrogens is 336 g/mol. The van der Waals surface area contributed by atoms with E-state index in [1.165, 1.54) is 0 Å². The Bertz CT molecular complexity index is 737. The van der Waals surface area contributed by atoms with Gasteiger partial charge in [-0.1, -0.05) is 24.3 Å². The fourth-order valence-corrected chi connectivity index (χ4v) is 3.15. The number of H-pyrrole nitrogens is 1. The Labute approximate surface area is 151 Å². The lowest BCUT2D eigenvalue weighted by molar-refractivity contribution is -0.144. The van der Waals surface area contributed by atoms with Gasteiger partial charge in [-0.3, -0.25) is 14.8 Å². The van der Waals surface area contributed by atoms with Gasteiger partial charge in [-0.25, -0.2) is 4.79 Å². The van der Waals surface area contributed by atoms with Gasteiger partial charge in [0.15, 0.2) is 0 Å². The minimum absolute atomic E-state index is 0.333. The molecule has 138 valence electrons. The van der Waals surface area contributed by atoms with Crippen LogP contribution in [-0.2, 0) is 9.53 Å². The van der Waals surface area contributed by atoms with E-state index < -0.39 is 12.0 Å². The average molecular weight is 358 g/mol. The fourth-order valence-electron chi connectivity index (χ4n) is 3.15. The Morgan fingerprint density at radius 2 is 1.88 bits per heavy atom. The smallest absolute Gasteiger partial charge is 0.409 e. The van der Waals surface area contributed by atoms with Crippen molar-refractivity contribution in [3.63, 3.8) is 0 Å². The molecule has 0 unspecified atom stereocenters. The van der Waals surface area contributed by atoms with Crippen molar-refractivity contribution in [3.8, 4) is 11.3 Å². The van der Waals surface area contributed by atoms with E-state index in [1.54, 1.807) is 18.0 Å². The molecule has 26 heavy (non-hydrogen) atoms. The summed E-state index contributed by atoms with van der Waals surface area (Å²) in [4.78, 5) is 27.1. The van der Waals surface area contributed by atoms with Crippen molar-refractivity contribution >= 4 is 12.1 Å². The van der Waals surface area contributed by atoms with Gasteiger partial charge >= 0.3 is 12.1 Å². The number of carbonyl (C=O) groups excluding carboxylic acids is 1. The van der Waals surface area contributed by atoms with Crippen molar-refractivity contribution < 1.29 is 19.4 Å². The third-order valence-electron chi connectivity index (χ3n) is 4.48. The summed E-state index contributed by atoms with van der Waals surface area (Å²) in [7, 11) is 0. The number of carboxylic acids is 1. The van der Waals surface area contributed by atoms with Gasteiger partial charge in [-0.05, 0) is 24.1 Å². The summed E-state index contributed by atoms with van der Waals surface area (Å²) in [5.74, 6) is -0.899. The lowest BCUT2D eigenvalue weighted by Crippen LogP contribution is -2.51. The normalized spacial score (nSPS) is 16.3. The van der Waals surface area contributed by atoms with Crippen molar-refractivity contribution in [1.82, 2.24) is 20.0 Å². The van der Waals surface area contributed by atoms with Crippen molar-refractivity contribution in [2.45, 2.75) is 13.0 Å². The third kappa shape index (κ3) is 3.85. The molecule has 1 fully saturated rings. The van der Waals surface area contributed by atoms with Gasteiger partial charge in [0.05, 0.1) is 12.3 Å². The number of piperazine rings is 1. The largest absolute Gasteiger partial charge is 0.480 e. The van der Waals surface area contributed by atoms with Crippen LogP contribution in [0.4, 0.5) is 4.79 Å². The molecule has 0 spiro atoms. The molecular formula is C18H22N4O4. The zero-order valence-electron chi connectivity index (χ0n) is 14.6. The van der Waals surface area contributed by atoms with Crippen LogP contribution in [0.1, 0.15) is 18.5 Å². The van der Waals surface area contributed by atoms with Crippen LogP contribution < -0.4 is 0 Å². The van der Waals surface area contributed by atoms with Crippen molar-refractivity contribution in [2.24, 2.45) is 0 Å². The van der Waals surface area contributed by atoms with Crippen LogP contribution in [0.3, 0.4) is 0 Å². The molecule has 1 aliphatic rings. The molecule has 0 saturated carbocycles. The predicted octanol–water partition coefficient (Wildman–Crippen LogP) is 1.98. The topological polar surface area (TPSA) is 98.8 Å². The minimum Gasteiger partial charge on any atom is -0.480 e. The Balaban J connectivity index is 1.70. The lowest BCUT2D eigenvalue weighted by Gasteiger charge is -2.37. The molecule has 8 nitrogen and oxygen atoms in total. The van der Waals surface area contributed by atoms with E-state index in [4.69, 9.17) is 4.74 Å². The molecule has 0 radical (unpaired) electrons. The Hall–Kier alpha value is -2.87. The van der Waals surface area contributed by atoms with Crippen LogP contribution in [0.5, 0.6) is 0 Å². The van der Waals surface area contributed by atoms with Gasteiger partial charge < -0.3 is 14.7 Å². The molecule has 2 aromatic rings. The summed E-state index contributed by atoms with van der Waals surface area (Å²) in [6, 6.07) is 8.54. The van der Waals surface area contributed by atoms with E-state index in [1.807, 2.05) is 35.2 Å². The number of carbonyl (C=O) groups is 2. The predicted molar refractivity (Wildman–Crippen MR) is 94.6 cm³/mol. The molecule has 2 N–H and O–H groups in total. The molecule has 1 saturated heterocycles. The summed E-state index contributed by atoms with van der Waals surface area (Å²) in [6.45, 7) is 3.97. The molecule has 1 aromatic carbocycles. The van der Waals surface area contributed by atoms with Crippen LogP contribution in [0, 0.1) is 0 Å². The number of amides is 1. The lowest BCUT2D eigenvalue weighted by atomic mass is 10.0. The summed E-state index contributed by atoms with van der Waals surface area (Å²) < 4.78 is 5.00. The number of nitrogens with zero attached hydrogens (tertiary/aromatic N) is 3. The van der Waals surface area contributed by atoms with Crippen molar-refractivity contribution in [2.75, 3.05) is 32.8 Å². The first-order chi connectivity index (χ1) is 12.6. The first-order valence-corrected chi connectivity index (χ1v) is 8.58. The summed E-state index contributed by atoms with van der Waals surface area (Å²) >= 11 is 0. The van der Waals surface area contributed by atoms with Crippen molar-refractivity contribution in [3.05, 3.63) is 42.1 Å². The second-order valence-corrected chi connectivity index (χ2v) is 6.06. The molecule has 0 bridgehead atoms. The zero-order chi connectivity index (χ0) is 18.5. The summed E-state index contributed by atoms with van der Waals surface area (Å²) in [6.07, 6.45) is 1.33. The van der Waals surface area contributed by atoms with Gasteiger partial charge in [0.25, 0.3) is 0 Å². The van der Waals surface area contributed by atoms with Gasteiger partial charge in [-0.15, -0.1) is 0 Å². The van der Waals surface area contributed by atoms with Gasteiger partial charge in [0.1, 0.15) is 6.04 Å². The van der Waals surface area contributed by atoms with Crippen LogP contribution >= 0.6 is 0 Å². The summed E-state index contributed by atoms with van der Waals surface area (Å²) in [5, 5.41) is 16.5. The number of aromatic amines is 1. The second-order valence-electron chi connectivity index (χ2n) is 6.06. The Morgan fingerprint density at radius 3 is 2.42 bits per heavy atom. The van der Waals surface area contributed by atoms with Crippen LogP contribution in [-0.4, -0.2) is 70.0 Å². The standard InChI is InChI=1S/C18H22N4O4/c1-2-26-18(25)22-11-9-21(10-12-22)16(17(23)24)14-5-3-13(4-6-14)15-7-8-19-20-15/h3-8,16H,2,9-12H2,1H3,(H,19,20)(H,23,24)/t16-/m0/s1. The minimum atomic E-state index is -0.899. The number of rotatable bonds is 5. The number of nitrogens with one attached hydrogen (secondary N) is 1. The Kier molecular flexibility index (Phi) is 5.52. The van der Waals surface area contributed by atoms with Crippen molar-refractivity contribution in [1.29, 1.82) is 0 Å². The number of benzene rings is 1. The van der Waals surface area contributed by atoms with Gasteiger partial charge in [0.2, 0.25) is 0 Å². The third-order valence-corrected chi connectivity index (χ3v) is 4.48. The molecule has 1 amide bonds. The first kappa shape index (κ1) is 17.9. The maximum atomic E-state index is 11.9. The van der Waals surface area contributed by atoms with E-state index in [0.717, 1.165) is 11.3 Å². The monoisotopic (exact) mass is 358 g/mol. The molecule has 8 heteroatoms. The quantitative estimate of drug-likeness (QED) is 0.848. The summed E-state index contributed by atoms with van der Waals surface area (Å²) in [5.41, 5.74) is 2.54. The van der Waals surface area contributed by atoms with E-state index in [-0.39, 0.29) is 6.09 Å². The SMILES string of the molecule is CCOC(=O)N1CCN([C@H](C(=O)O)c2ccc(-c3ccn[nH]3)cc2)CC1. The molecule has 1 aromatic heterocycles. The second kappa shape index (κ2) is 8.01. The maximum Gasteiger partial charge on any atom is 0.409 e. The highest BCUT2D eigenvalue weighted by Crippen LogP contribution is 2.25. The Morgan fingerprint density at radius 1 is 1.19 bits per heavy atom. The zero-order valence-corrected chi connectivity index (χ0v) is 14.6. The van der Waals surface area contributed by atoms with Crippen LogP contribution in [0.25, 0.3) is 11.3 Å². The molecule has 0 aliphatic carbocycles. The van der Waals surface area contributed by atoms with E-state index in [0.29, 0.717) is 38.3 Å². The number of ether oxygens (including phenoxy) is 1. The van der Waals surface area contributed by atoms with E-state index in [9.17, 15) is 14.7 Å². The maximum absolute atomic E-state index is 11.9. The molecule has 2 heterocycles. The van der Waals surface area contributed by atoms with Gasteiger partial charge in [-0.2, -0.15) is 5.10 Å². The average Bonchev–Trinajstić information content (AvgIpc) is 3.18. The highest BCUT2D eigenvalue weighted by Gasteiger charge is 2.31. The number of aliphatic carboxylic acids is 1. The van der Waals surface area contributed by atoms with E-state index >= 15 is 0 Å². The van der Waals surface area contributed by atoms with Crippen LogP contribution in [0.15, 0.2) is 36.5 Å². The fraction of sp³-hybridized carbons (Fsp3) is 0.389. The van der Waals surface area contributed by atoms with Crippen LogP contribution in [0.2, 0.25) is 0 Å². The first-order valence-electron chi connectivity index (χ1n) is 8.58. The molecule has 3 rings (SSSR count). The molecule has 1 aliphatic heterocycles. The van der Waals surface area contributed by atoms with Gasteiger partial charge in [0, 0.05) is 32.4 Å². The number of hydrogen-bond donors (Lipinski definition) is 2. The highest BCUT2D eigenvalue weighted by molar-refractivity contribution is 5.76.